The molecule has 5 rings (SSSR count). The van der Waals surface area contributed by atoms with E-state index in [9.17, 15) is 9.59 Å². The molecule has 1 atom stereocenters. The molecule has 3 N–H and O–H groups in total. The third-order valence-electron chi connectivity index (χ3n) is 6.81. The highest BCUT2D eigenvalue weighted by Gasteiger charge is 2.22. The van der Waals surface area contributed by atoms with E-state index in [0.29, 0.717) is 45.1 Å². The van der Waals surface area contributed by atoms with E-state index in [2.05, 4.69) is 31.1 Å². The first-order valence-corrected chi connectivity index (χ1v) is 13.9. The lowest BCUT2D eigenvalue weighted by atomic mass is 9.97. The molecule has 212 valence electrons. The number of methoxy groups -OCH3 is 1. The van der Waals surface area contributed by atoms with Gasteiger partial charge in [0.2, 0.25) is 5.91 Å². The Balaban J connectivity index is 1.39. The van der Waals surface area contributed by atoms with E-state index >= 15 is 0 Å². The number of aryl methyl sites for hydroxylation is 1. The minimum atomic E-state index is -0.534. The van der Waals surface area contributed by atoms with Crippen LogP contribution in [-0.2, 0) is 16.0 Å². The highest BCUT2D eigenvalue weighted by Crippen LogP contribution is 2.34. The monoisotopic (exact) mass is 594 g/mol. The summed E-state index contributed by atoms with van der Waals surface area (Å²) in [5, 5.41) is 18.0. The lowest BCUT2D eigenvalue weighted by Crippen LogP contribution is -2.27. The van der Waals surface area contributed by atoms with Crippen molar-refractivity contribution in [1.82, 2.24) is 35.5 Å². The number of fused-ring (bicyclic) bond motifs is 4. The second kappa shape index (κ2) is 13.0. The molecule has 0 saturated heterocycles. The van der Waals surface area contributed by atoms with E-state index in [0.717, 1.165) is 43.2 Å². The van der Waals surface area contributed by atoms with Gasteiger partial charge in [0.05, 0.1) is 18.8 Å². The van der Waals surface area contributed by atoms with Crippen molar-refractivity contribution in [2.75, 3.05) is 12.4 Å². The van der Waals surface area contributed by atoms with Crippen LogP contribution in [0.3, 0.4) is 0 Å². The molecule has 4 aromatic rings. The summed E-state index contributed by atoms with van der Waals surface area (Å²) in [6.45, 7) is 0. The first-order valence-electron chi connectivity index (χ1n) is 13.2. The summed E-state index contributed by atoms with van der Waals surface area (Å²) in [5.74, 6) is 0.282. The number of H-pyrrole nitrogens is 1. The largest absolute Gasteiger partial charge is 0.453 e. The number of imidazole rings is 1. The van der Waals surface area contributed by atoms with Crippen molar-refractivity contribution in [1.29, 1.82) is 0 Å². The van der Waals surface area contributed by atoms with Crippen LogP contribution < -0.4 is 10.6 Å². The molecular formula is C28H28Cl2N8O3. The summed E-state index contributed by atoms with van der Waals surface area (Å²) in [6.07, 6.45) is 9.45. The van der Waals surface area contributed by atoms with Crippen molar-refractivity contribution in [3.63, 3.8) is 0 Å². The van der Waals surface area contributed by atoms with Gasteiger partial charge in [-0.15, -0.1) is 5.10 Å². The number of hydrogen-bond acceptors (Lipinski definition) is 7. The Bertz CT molecular complexity index is 1570. The second-order valence-electron chi connectivity index (χ2n) is 9.58. The maximum absolute atomic E-state index is 13.1. The summed E-state index contributed by atoms with van der Waals surface area (Å²) in [5.41, 5.74) is 4.48. The van der Waals surface area contributed by atoms with Crippen molar-refractivity contribution in [2.24, 2.45) is 0 Å². The van der Waals surface area contributed by atoms with Crippen molar-refractivity contribution >= 4 is 47.0 Å². The number of nitrogens with zero attached hydrogens (tertiary/aromatic N) is 5. The van der Waals surface area contributed by atoms with Crippen molar-refractivity contribution in [3.05, 3.63) is 75.9 Å². The zero-order chi connectivity index (χ0) is 28.8. The molecule has 2 amide bonds. The van der Waals surface area contributed by atoms with E-state index in [4.69, 9.17) is 32.9 Å². The number of carbonyl (C=O) groups excluding carboxylic acids is 2. The predicted molar refractivity (Wildman–Crippen MR) is 156 cm³/mol. The number of anilines is 1. The minimum absolute atomic E-state index is 0.294. The van der Waals surface area contributed by atoms with Crippen LogP contribution >= 0.6 is 23.2 Å². The van der Waals surface area contributed by atoms with Crippen LogP contribution in [0.5, 0.6) is 0 Å². The van der Waals surface area contributed by atoms with E-state index < -0.39 is 6.09 Å². The molecule has 0 spiro atoms. The molecule has 0 fully saturated rings. The summed E-state index contributed by atoms with van der Waals surface area (Å²) in [6, 6.07) is 10.5. The number of hydrogen-bond donors (Lipinski definition) is 3. The van der Waals surface area contributed by atoms with E-state index in [1.165, 1.54) is 24.2 Å². The molecule has 1 aliphatic heterocycles. The maximum Gasteiger partial charge on any atom is 0.411 e. The quantitative estimate of drug-likeness (QED) is 0.244. The Labute approximate surface area is 246 Å². The van der Waals surface area contributed by atoms with E-state index in [1.54, 1.807) is 30.3 Å². The summed E-state index contributed by atoms with van der Waals surface area (Å²) < 4.78 is 6.22. The van der Waals surface area contributed by atoms with Gasteiger partial charge < -0.3 is 15.0 Å². The van der Waals surface area contributed by atoms with Crippen molar-refractivity contribution in [3.8, 4) is 16.9 Å². The highest BCUT2D eigenvalue weighted by molar-refractivity contribution is 6.32. The molecule has 13 heteroatoms. The number of nitrogens with one attached hydrogen (secondary N) is 3. The van der Waals surface area contributed by atoms with Crippen LogP contribution in [-0.4, -0.2) is 49.3 Å². The van der Waals surface area contributed by atoms with Crippen LogP contribution in [0.2, 0.25) is 10.2 Å². The van der Waals surface area contributed by atoms with Gasteiger partial charge in [-0.2, -0.15) is 4.68 Å². The highest BCUT2D eigenvalue weighted by atomic mass is 35.5. The van der Waals surface area contributed by atoms with Gasteiger partial charge in [0.25, 0.3) is 0 Å². The molecule has 0 saturated carbocycles. The first-order chi connectivity index (χ1) is 19.9. The van der Waals surface area contributed by atoms with Gasteiger partial charge in [-0.1, -0.05) is 48.5 Å². The van der Waals surface area contributed by atoms with Crippen LogP contribution in [0.1, 0.15) is 55.1 Å². The summed E-state index contributed by atoms with van der Waals surface area (Å²) in [4.78, 5) is 32.8. The second-order valence-corrected chi connectivity index (χ2v) is 10.4. The molecule has 3 heterocycles. The van der Waals surface area contributed by atoms with Gasteiger partial charge in [0.15, 0.2) is 0 Å². The Morgan fingerprint density at radius 1 is 1.12 bits per heavy atom. The lowest BCUT2D eigenvalue weighted by molar-refractivity contribution is -0.117. The molecule has 2 bridgehead atoms. The van der Waals surface area contributed by atoms with Gasteiger partial charge in [0, 0.05) is 27.9 Å². The molecular weight excluding hydrogens is 567 g/mol. The number of tetrazole rings is 1. The van der Waals surface area contributed by atoms with Crippen LogP contribution in [0.4, 0.5) is 10.5 Å². The van der Waals surface area contributed by atoms with E-state index in [-0.39, 0.29) is 11.9 Å². The summed E-state index contributed by atoms with van der Waals surface area (Å²) >= 11 is 12.9. The number of rotatable bonds is 5. The van der Waals surface area contributed by atoms with Crippen molar-refractivity contribution < 1.29 is 14.3 Å². The minimum Gasteiger partial charge on any atom is -0.453 e. The number of aromatic amines is 1. The molecule has 2 aromatic heterocycles. The smallest absolute Gasteiger partial charge is 0.411 e. The maximum atomic E-state index is 13.1. The van der Waals surface area contributed by atoms with E-state index in [1.807, 2.05) is 12.1 Å². The fourth-order valence-corrected chi connectivity index (χ4v) is 5.23. The van der Waals surface area contributed by atoms with Crippen LogP contribution in [0.15, 0.2) is 48.8 Å². The SMILES string of the molecule is COC(=O)Nc1ccc2c(c1)CCCCCC[C@H](NC(=O)C=Cc1cc(Cl)ccc1-n1cnnn1)c1nc-2c(Cl)[nH]1. The fraction of sp³-hybridized carbons (Fsp3) is 0.286. The zero-order valence-corrected chi connectivity index (χ0v) is 23.7. The van der Waals surface area contributed by atoms with Crippen molar-refractivity contribution in [2.45, 2.75) is 44.6 Å². The summed E-state index contributed by atoms with van der Waals surface area (Å²) in [7, 11) is 1.32. The van der Waals surface area contributed by atoms with Crippen LogP contribution in [0.25, 0.3) is 23.0 Å². The van der Waals surface area contributed by atoms with Gasteiger partial charge in [-0.25, -0.2) is 9.78 Å². The molecule has 11 nitrogen and oxygen atoms in total. The Kier molecular flexibility index (Phi) is 8.95. The first kappa shape index (κ1) is 28.3. The number of aromatic nitrogens is 6. The number of benzene rings is 2. The molecule has 0 radical (unpaired) electrons. The standard InChI is InChI=1S/C28H28Cl2N8O3/c1-41-28(40)32-20-10-11-21-17(15-20)6-4-2-3-5-7-22(27-34-25(21)26(30)35-27)33-24(39)13-8-18-14-19(29)9-12-23(18)38-16-31-36-37-38/h8-16,22H,2-7H2,1H3,(H,32,40)(H,33,39)(H,34,35)/t22-/m0/s1. The zero-order valence-electron chi connectivity index (χ0n) is 22.2. The van der Waals surface area contributed by atoms with Gasteiger partial charge in [-0.05, 0) is 71.7 Å². The molecule has 41 heavy (non-hydrogen) atoms. The third kappa shape index (κ3) is 6.93. The van der Waals surface area contributed by atoms with Gasteiger partial charge in [0.1, 0.15) is 23.0 Å². The number of halogens is 2. The Morgan fingerprint density at radius 3 is 2.78 bits per heavy atom. The predicted octanol–water partition coefficient (Wildman–Crippen LogP) is 5.91. The van der Waals surface area contributed by atoms with Crippen LogP contribution in [0, 0.1) is 0 Å². The average molecular weight is 595 g/mol. The normalized spacial score (nSPS) is 15.4. The Hall–Kier alpha value is -4.22. The fourth-order valence-electron chi connectivity index (χ4n) is 4.81. The third-order valence-corrected chi connectivity index (χ3v) is 7.31. The van der Waals surface area contributed by atoms with Gasteiger partial charge >= 0.3 is 6.09 Å². The molecule has 0 aliphatic carbocycles. The molecule has 0 unspecified atom stereocenters. The number of carbonyl (C=O) groups is 2. The average Bonchev–Trinajstić information content (AvgIpc) is 3.63. The topological polar surface area (TPSA) is 140 Å². The lowest BCUT2D eigenvalue weighted by Gasteiger charge is -2.17. The molecule has 2 aromatic carbocycles. The number of ether oxygens (including phenoxy) is 1. The number of amides is 2. The molecule has 1 aliphatic rings. The van der Waals surface area contributed by atoms with Gasteiger partial charge in [-0.3, -0.25) is 10.1 Å². The Morgan fingerprint density at radius 2 is 1.98 bits per heavy atom.